The van der Waals surface area contributed by atoms with Crippen LogP contribution in [0.4, 0.5) is 0 Å². The molecular weight excluding hydrogens is 412 g/mol. The van der Waals surface area contributed by atoms with E-state index in [9.17, 15) is 14.7 Å². The van der Waals surface area contributed by atoms with Crippen molar-refractivity contribution in [3.8, 4) is 0 Å². The van der Waals surface area contributed by atoms with Crippen molar-refractivity contribution in [1.82, 2.24) is 20.4 Å². The van der Waals surface area contributed by atoms with E-state index in [-0.39, 0.29) is 30.6 Å². The van der Waals surface area contributed by atoms with Crippen LogP contribution in [0.5, 0.6) is 0 Å². The maximum atomic E-state index is 12.5. The van der Waals surface area contributed by atoms with Gasteiger partial charge in [0.15, 0.2) is 0 Å². The fourth-order valence-electron chi connectivity index (χ4n) is 3.77. The Balaban J connectivity index is 0.00000114. The summed E-state index contributed by atoms with van der Waals surface area (Å²) >= 11 is 0. The van der Waals surface area contributed by atoms with E-state index < -0.39 is 12.1 Å². The van der Waals surface area contributed by atoms with E-state index in [1.807, 2.05) is 44.4 Å². The van der Waals surface area contributed by atoms with Crippen molar-refractivity contribution >= 4 is 18.3 Å². The van der Waals surface area contributed by atoms with Gasteiger partial charge in [0.05, 0.1) is 24.8 Å². The summed E-state index contributed by atoms with van der Waals surface area (Å²) in [4.78, 5) is 33.3. The first-order valence-corrected chi connectivity index (χ1v) is 10.7. The number of amides is 2. The molecule has 3 rings (SSSR count). The highest BCUT2D eigenvalue weighted by Gasteiger charge is 2.33. The number of benzene rings is 1. The molecule has 1 fully saturated rings. The Bertz CT molecular complexity index is 881. The van der Waals surface area contributed by atoms with Crippen LogP contribution in [0, 0.1) is 12.8 Å². The number of aliphatic hydroxyl groups is 1. The summed E-state index contributed by atoms with van der Waals surface area (Å²) in [6.07, 6.45) is 5.71. The summed E-state index contributed by atoms with van der Waals surface area (Å²) in [5.74, 6) is -0.342. The molecule has 9 nitrogen and oxygen atoms in total. The monoisotopic (exact) mass is 444 g/mol. The molecule has 1 saturated carbocycles. The van der Waals surface area contributed by atoms with Crippen molar-refractivity contribution in [2.75, 3.05) is 6.54 Å². The van der Waals surface area contributed by atoms with Gasteiger partial charge >= 0.3 is 0 Å². The smallest absolute Gasteiger partial charge is 0.290 e. The Morgan fingerprint density at radius 2 is 1.91 bits per heavy atom. The predicted molar refractivity (Wildman–Crippen MR) is 119 cm³/mol. The van der Waals surface area contributed by atoms with Crippen LogP contribution in [0.1, 0.15) is 36.0 Å². The molecule has 1 aliphatic rings. The van der Waals surface area contributed by atoms with Crippen molar-refractivity contribution in [3.63, 3.8) is 0 Å². The third kappa shape index (κ3) is 8.14. The molecular formula is C23H32N4O5. The number of nitrogens with one attached hydrogen (secondary N) is 2. The van der Waals surface area contributed by atoms with Crippen LogP contribution in [-0.2, 0) is 34.3 Å². The number of hydrogen-bond acceptors (Lipinski definition) is 5. The average Bonchev–Trinajstić information content (AvgIpc) is 3.17. The molecule has 0 radical (unpaired) electrons. The Labute approximate surface area is 187 Å². The lowest BCUT2D eigenvalue weighted by Crippen LogP contribution is -2.50. The van der Waals surface area contributed by atoms with Gasteiger partial charge in [-0.2, -0.15) is 5.10 Å². The number of rotatable bonds is 7. The van der Waals surface area contributed by atoms with Crippen LogP contribution in [0.2, 0.25) is 0 Å². The van der Waals surface area contributed by atoms with Crippen LogP contribution in [-0.4, -0.2) is 57.0 Å². The number of carboxylic acid groups (broad SMARTS) is 1. The maximum Gasteiger partial charge on any atom is 0.290 e. The summed E-state index contributed by atoms with van der Waals surface area (Å²) in [7, 11) is 1.86. The normalized spacial score (nSPS) is 19.9. The number of hydrogen-bond donors (Lipinski definition) is 4. The molecule has 0 unspecified atom stereocenters. The second kappa shape index (κ2) is 12.6. The lowest BCUT2D eigenvalue weighted by atomic mass is 9.83. The van der Waals surface area contributed by atoms with Gasteiger partial charge < -0.3 is 20.8 Å². The Morgan fingerprint density at radius 1 is 1.22 bits per heavy atom. The van der Waals surface area contributed by atoms with Gasteiger partial charge in [0, 0.05) is 25.7 Å². The minimum Gasteiger partial charge on any atom is -0.483 e. The van der Waals surface area contributed by atoms with E-state index in [0.29, 0.717) is 25.8 Å². The summed E-state index contributed by atoms with van der Waals surface area (Å²) in [5.41, 5.74) is 3.16. The molecule has 4 N–H and O–H groups in total. The van der Waals surface area contributed by atoms with Crippen LogP contribution >= 0.6 is 0 Å². The third-order valence-corrected chi connectivity index (χ3v) is 5.49. The van der Waals surface area contributed by atoms with Crippen molar-refractivity contribution in [3.05, 3.63) is 53.3 Å². The van der Waals surface area contributed by atoms with E-state index in [1.54, 1.807) is 10.9 Å². The Morgan fingerprint density at radius 3 is 2.53 bits per heavy atom. The van der Waals surface area contributed by atoms with Gasteiger partial charge in [0.2, 0.25) is 11.8 Å². The molecule has 1 aliphatic carbocycles. The quantitative estimate of drug-likeness (QED) is 0.471. The van der Waals surface area contributed by atoms with Crippen molar-refractivity contribution in [2.45, 2.75) is 51.2 Å². The molecule has 1 aromatic carbocycles. The van der Waals surface area contributed by atoms with E-state index in [1.165, 1.54) is 0 Å². The van der Waals surface area contributed by atoms with Gasteiger partial charge in [-0.1, -0.05) is 29.8 Å². The molecule has 32 heavy (non-hydrogen) atoms. The van der Waals surface area contributed by atoms with Gasteiger partial charge in [-0.05, 0) is 43.7 Å². The first kappa shape index (κ1) is 25.1. The predicted octanol–water partition coefficient (Wildman–Crippen LogP) is 0.977. The van der Waals surface area contributed by atoms with Crippen molar-refractivity contribution in [2.24, 2.45) is 13.0 Å². The molecule has 3 atom stereocenters. The summed E-state index contributed by atoms with van der Waals surface area (Å²) < 4.78 is 1.74. The summed E-state index contributed by atoms with van der Waals surface area (Å²) in [6.45, 7) is 2.30. The Kier molecular flexibility index (Phi) is 9.87. The number of carbonyl (C=O) groups excluding carboxylic acids is 2. The molecule has 0 aliphatic heterocycles. The van der Waals surface area contributed by atoms with Crippen LogP contribution in [0.25, 0.3) is 0 Å². The van der Waals surface area contributed by atoms with Gasteiger partial charge in [0.1, 0.15) is 0 Å². The lowest BCUT2D eigenvalue weighted by Gasteiger charge is -2.33. The van der Waals surface area contributed by atoms with E-state index >= 15 is 0 Å². The topological polar surface area (TPSA) is 134 Å². The molecule has 9 heteroatoms. The highest BCUT2D eigenvalue weighted by molar-refractivity contribution is 5.80. The first-order chi connectivity index (χ1) is 15.3. The SMILES string of the molecule is Cc1ccc(CC(=O)N[C@@H]2C[C@@H](C(=O)NCCc3cnn(C)c3)CC[C@H]2O)cc1.O=CO. The minimum atomic E-state index is -0.614. The van der Waals surface area contributed by atoms with Crippen molar-refractivity contribution < 1.29 is 24.6 Å². The molecule has 2 aromatic rings. The molecule has 2 amide bonds. The molecule has 1 aromatic heterocycles. The molecule has 0 spiro atoms. The zero-order valence-corrected chi connectivity index (χ0v) is 18.5. The number of aryl methyl sites for hydroxylation is 2. The molecule has 174 valence electrons. The first-order valence-electron chi connectivity index (χ1n) is 10.7. The van der Waals surface area contributed by atoms with Gasteiger partial charge in [-0.3, -0.25) is 19.1 Å². The third-order valence-electron chi connectivity index (χ3n) is 5.49. The number of carbonyl (C=O) groups is 3. The fourth-order valence-corrected chi connectivity index (χ4v) is 3.77. The number of aliphatic hydroxyl groups excluding tert-OH is 1. The second-order valence-electron chi connectivity index (χ2n) is 8.08. The van der Waals surface area contributed by atoms with Gasteiger partial charge in [-0.15, -0.1) is 0 Å². The highest BCUT2D eigenvalue weighted by Crippen LogP contribution is 2.25. The number of nitrogens with zero attached hydrogens (tertiary/aromatic N) is 2. The Hall–Kier alpha value is -3.20. The van der Waals surface area contributed by atoms with Crippen LogP contribution in [0.3, 0.4) is 0 Å². The van der Waals surface area contributed by atoms with Crippen LogP contribution in [0.15, 0.2) is 36.7 Å². The molecule has 0 saturated heterocycles. The maximum absolute atomic E-state index is 12.5. The van der Waals surface area contributed by atoms with Crippen LogP contribution < -0.4 is 10.6 Å². The zero-order chi connectivity index (χ0) is 23.5. The van der Waals surface area contributed by atoms with Gasteiger partial charge in [-0.25, -0.2) is 0 Å². The zero-order valence-electron chi connectivity index (χ0n) is 18.5. The minimum absolute atomic E-state index is 0.0152. The summed E-state index contributed by atoms with van der Waals surface area (Å²) in [6, 6.07) is 7.43. The van der Waals surface area contributed by atoms with E-state index in [4.69, 9.17) is 9.90 Å². The fraction of sp³-hybridized carbons (Fsp3) is 0.478. The highest BCUT2D eigenvalue weighted by atomic mass is 16.3. The number of aromatic nitrogens is 2. The van der Waals surface area contributed by atoms with Gasteiger partial charge in [0.25, 0.3) is 6.47 Å². The second-order valence-corrected chi connectivity index (χ2v) is 8.08. The lowest BCUT2D eigenvalue weighted by molar-refractivity contribution is -0.129. The van der Waals surface area contributed by atoms with Crippen molar-refractivity contribution in [1.29, 1.82) is 0 Å². The van der Waals surface area contributed by atoms with E-state index in [0.717, 1.165) is 23.1 Å². The molecule has 0 bridgehead atoms. The largest absolute Gasteiger partial charge is 0.483 e. The average molecular weight is 445 g/mol. The standard InChI is InChI=1S/C22H30N4O3.CH2O2/c1-15-3-5-16(6-4-15)11-21(28)25-19-12-18(7-8-20(19)27)22(29)23-10-9-17-13-24-26(2)14-17;2-1-3/h3-6,13-14,18-20,27H,7-12H2,1-2H3,(H,23,29)(H,25,28);1H,(H,2,3)/t18-,19+,20+;/m0./s1. The molecule has 1 heterocycles. The van der Waals surface area contributed by atoms with E-state index in [2.05, 4.69) is 15.7 Å². The summed E-state index contributed by atoms with van der Waals surface area (Å²) in [5, 5.41) is 27.2.